The van der Waals surface area contributed by atoms with Gasteiger partial charge in [-0.3, -0.25) is 4.99 Å². The molecule has 0 aromatic carbocycles. The molecule has 2 aliphatic rings. The highest BCUT2D eigenvalue weighted by atomic mass is 32.2. The third-order valence-electron chi connectivity index (χ3n) is 3.55. The maximum Gasteiger partial charge on any atom is 0.162 e. The van der Waals surface area contributed by atoms with Gasteiger partial charge in [0.1, 0.15) is 35.9 Å². The van der Waals surface area contributed by atoms with Gasteiger partial charge in [-0.1, -0.05) is 24.8 Å². The second kappa shape index (κ2) is 6.44. The molecule has 6 nitrogen and oxygen atoms in total. The van der Waals surface area contributed by atoms with Crippen molar-refractivity contribution in [2.24, 2.45) is 4.99 Å². The number of thioether (sulfide) groups is 1. The Labute approximate surface area is 123 Å². The smallest absolute Gasteiger partial charge is 0.162 e. The summed E-state index contributed by atoms with van der Waals surface area (Å²) in [5.74, 6) is 0. The summed E-state index contributed by atoms with van der Waals surface area (Å²) < 4.78 is 5.69. The zero-order chi connectivity index (χ0) is 14.9. The van der Waals surface area contributed by atoms with Gasteiger partial charge >= 0.3 is 0 Å². The first kappa shape index (κ1) is 15.8. The molecule has 2 aliphatic heterocycles. The molecule has 0 spiro atoms. The summed E-state index contributed by atoms with van der Waals surface area (Å²) in [4.78, 5) is 6.45. The third kappa shape index (κ3) is 2.87. The molecule has 0 amide bonds. The predicted octanol–water partition coefficient (Wildman–Crippen LogP) is -0.207. The summed E-state index contributed by atoms with van der Waals surface area (Å²) >= 11 is 1.42. The van der Waals surface area contributed by atoms with Gasteiger partial charge in [-0.2, -0.15) is 0 Å². The summed E-state index contributed by atoms with van der Waals surface area (Å²) in [6, 6.07) is -0.502. The van der Waals surface area contributed by atoms with Gasteiger partial charge in [-0.15, -0.1) is 6.58 Å². The zero-order valence-corrected chi connectivity index (χ0v) is 12.5. The molecule has 1 fully saturated rings. The molecule has 0 aromatic rings. The number of fused-ring (bicyclic) bond motifs is 1. The van der Waals surface area contributed by atoms with Crippen molar-refractivity contribution in [3.05, 3.63) is 12.7 Å². The number of amidine groups is 1. The lowest BCUT2D eigenvalue weighted by Gasteiger charge is -2.39. The molecule has 0 bridgehead atoms. The average molecular weight is 302 g/mol. The number of hydrogen-bond acceptors (Lipinski definition) is 7. The average Bonchev–Trinajstić information content (AvgIpc) is 2.86. The number of aliphatic imine (C=N–C) groups is 1. The Balaban J connectivity index is 2.11. The zero-order valence-electron chi connectivity index (χ0n) is 11.7. The van der Waals surface area contributed by atoms with Crippen LogP contribution in [0.15, 0.2) is 17.6 Å². The second-order valence-electron chi connectivity index (χ2n) is 5.12. The Hall–Kier alpha value is -0.600. The van der Waals surface area contributed by atoms with Crippen LogP contribution < -0.4 is 0 Å². The molecule has 2 heterocycles. The lowest BCUT2D eigenvalue weighted by Crippen LogP contribution is -2.57. The fourth-order valence-corrected chi connectivity index (χ4v) is 3.61. The summed E-state index contributed by atoms with van der Waals surface area (Å²) in [5.41, 5.74) is -0.387. The van der Waals surface area contributed by atoms with Gasteiger partial charge in [0.25, 0.3) is 0 Å². The quantitative estimate of drug-likeness (QED) is 0.623. The van der Waals surface area contributed by atoms with Crippen LogP contribution in [0.25, 0.3) is 0 Å². The Bertz CT molecular complexity index is 393. The van der Waals surface area contributed by atoms with E-state index in [1.807, 2.05) is 11.9 Å². The van der Waals surface area contributed by atoms with E-state index in [2.05, 4.69) is 18.5 Å². The van der Waals surface area contributed by atoms with Crippen molar-refractivity contribution in [3.63, 3.8) is 0 Å². The van der Waals surface area contributed by atoms with Crippen molar-refractivity contribution in [3.8, 4) is 0 Å². The predicted molar refractivity (Wildman–Crippen MR) is 78.6 cm³/mol. The van der Waals surface area contributed by atoms with E-state index in [1.165, 1.54) is 17.8 Å². The molecule has 0 aliphatic carbocycles. The van der Waals surface area contributed by atoms with Gasteiger partial charge in [-0.05, 0) is 6.42 Å². The Morgan fingerprint density at radius 1 is 1.50 bits per heavy atom. The van der Waals surface area contributed by atoms with Crippen molar-refractivity contribution in [1.29, 1.82) is 0 Å². The van der Waals surface area contributed by atoms with Crippen LogP contribution >= 0.6 is 11.8 Å². The molecule has 6 atom stereocenters. The van der Waals surface area contributed by atoms with Crippen LogP contribution in [-0.2, 0) is 4.74 Å². The van der Waals surface area contributed by atoms with E-state index in [9.17, 15) is 15.3 Å². The molecule has 0 aromatic heterocycles. The lowest BCUT2D eigenvalue weighted by atomic mass is 9.95. The van der Waals surface area contributed by atoms with E-state index in [0.717, 1.165) is 18.1 Å². The van der Waals surface area contributed by atoms with Crippen molar-refractivity contribution in [1.82, 2.24) is 4.90 Å². The van der Waals surface area contributed by atoms with Gasteiger partial charge in [-0.25, -0.2) is 0 Å². The van der Waals surface area contributed by atoms with Gasteiger partial charge in [0.05, 0.1) is 0 Å². The Kier molecular flexibility index (Phi) is 5.09. The fourth-order valence-electron chi connectivity index (χ4n) is 2.41. The van der Waals surface area contributed by atoms with Crippen LogP contribution in [-0.4, -0.2) is 74.9 Å². The van der Waals surface area contributed by atoms with E-state index in [0.29, 0.717) is 0 Å². The van der Waals surface area contributed by atoms with Crippen molar-refractivity contribution < 1.29 is 20.1 Å². The lowest BCUT2D eigenvalue weighted by molar-refractivity contribution is -0.176. The van der Waals surface area contributed by atoms with Crippen LogP contribution in [0.5, 0.6) is 0 Å². The van der Waals surface area contributed by atoms with E-state index in [-0.39, 0.29) is 5.44 Å². The minimum atomic E-state index is -1.18. The molecule has 114 valence electrons. The SMILES string of the molecule is C=CC(O)C1OC2SC(N(C)CCC)=NC2C(O)C1O. The summed E-state index contributed by atoms with van der Waals surface area (Å²) in [6.07, 6.45) is -1.82. The topological polar surface area (TPSA) is 85.5 Å². The van der Waals surface area contributed by atoms with Gasteiger partial charge < -0.3 is 25.0 Å². The van der Waals surface area contributed by atoms with E-state index >= 15 is 0 Å². The van der Waals surface area contributed by atoms with Gasteiger partial charge in [0.2, 0.25) is 0 Å². The molecule has 0 saturated carbocycles. The highest BCUT2D eigenvalue weighted by Crippen LogP contribution is 2.38. The number of aliphatic hydroxyl groups is 3. The van der Waals surface area contributed by atoms with Crippen molar-refractivity contribution in [2.75, 3.05) is 13.6 Å². The van der Waals surface area contributed by atoms with Crippen LogP contribution in [0.1, 0.15) is 13.3 Å². The second-order valence-corrected chi connectivity index (χ2v) is 6.18. The molecule has 6 unspecified atom stereocenters. The van der Waals surface area contributed by atoms with E-state index in [4.69, 9.17) is 4.74 Å². The Morgan fingerprint density at radius 2 is 2.20 bits per heavy atom. The molecule has 0 radical (unpaired) electrons. The maximum atomic E-state index is 10.2. The minimum absolute atomic E-state index is 0.387. The van der Waals surface area contributed by atoms with Crippen molar-refractivity contribution >= 4 is 16.9 Å². The van der Waals surface area contributed by atoms with Crippen LogP contribution in [0, 0.1) is 0 Å². The Morgan fingerprint density at radius 3 is 2.80 bits per heavy atom. The number of nitrogens with zero attached hydrogens (tertiary/aromatic N) is 2. The maximum absolute atomic E-state index is 10.2. The van der Waals surface area contributed by atoms with Crippen LogP contribution in [0.2, 0.25) is 0 Å². The first-order chi connectivity index (χ1) is 9.49. The number of ether oxygens (including phenoxy) is 1. The highest BCUT2D eigenvalue weighted by molar-refractivity contribution is 8.14. The molecule has 1 saturated heterocycles. The molecule has 7 heteroatoms. The molecule has 20 heavy (non-hydrogen) atoms. The van der Waals surface area contributed by atoms with Gasteiger partial charge in [0, 0.05) is 13.6 Å². The first-order valence-corrected chi connectivity index (χ1v) is 7.65. The summed E-state index contributed by atoms with van der Waals surface area (Å²) in [7, 11) is 1.94. The number of aliphatic hydroxyl groups excluding tert-OH is 3. The van der Waals surface area contributed by atoms with Crippen LogP contribution in [0.3, 0.4) is 0 Å². The van der Waals surface area contributed by atoms with E-state index in [1.54, 1.807) is 0 Å². The monoisotopic (exact) mass is 302 g/mol. The minimum Gasteiger partial charge on any atom is -0.388 e. The number of rotatable bonds is 4. The molecular weight excluding hydrogens is 280 g/mol. The molecular formula is C13H22N2O4S. The van der Waals surface area contributed by atoms with Crippen molar-refractivity contribution in [2.45, 2.75) is 49.2 Å². The normalized spacial score (nSPS) is 38.0. The van der Waals surface area contributed by atoms with E-state index < -0.39 is 30.5 Å². The first-order valence-electron chi connectivity index (χ1n) is 6.77. The number of hydrogen-bond donors (Lipinski definition) is 3. The highest BCUT2D eigenvalue weighted by Gasteiger charge is 2.50. The van der Waals surface area contributed by atoms with Crippen LogP contribution in [0.4, 0.5) is 0 Å². The molecule has 2 rings (SSSR count). The van der Waals surface area contributed by atoms with Gasteiger partial charge in [0.15, 0.2) is 5.17 Å². The largest absolute Gasteiger partial charge is 0.388 e. The summed E-state index contributed by atoms with van der Waals surface area (Å²) in [6.45, 7) is 6.42. The third-order valence-corrected chi connectivity index (χ3v) is 4.80. The standard InChI is InChI=1S/C13H22N2O4S/c1-4-6-15(3)13-14-8-9(17)10(18)11(7(16)5-2)19-12(8)20-13/h5,7-12,16-18H,2,4,6H2,1,3H3. The molecule has 3 N–H and O–H groups in total. The summed E-state index contributed by atoms with van der Waals surface area (Å²) in [5, 5.41) is 30.8. The fraction of sp³-hybridized carbons (Fsp3) is 0.769.